The Bertz CT molecular complexity index is 721. The molecular weight excluding hydrogens is 346 g/mol. The molecule has 0 aliphatic heterocycles. The summed E-state index contributed by atoms with van der Waals surface area (Å²) in [6.45, 7) is 0. The van der Waals surface area contributed by atoms with E-state index in [9.17, 15) is 0 Å². The van der Waals surface area contributed by atoms with E-state index in [0.29, 0.717) is 0 Å². The van der Waals surface area contributed by atoms with Crippen LogP contribution in [0.25, 0.3) is 11.0 Å². The van der Waals surface area contributed by atoms with Gasteiger partial charge in [-0.1, -0.05) is 23.7 Å². The van der Waals surface area contributed by atoms with Crippen LogP contribution in [0.3, 0.4) is 0 Å². The van der Waals surface area contributed by atoms with Gasteiger partial charge in [-0.25, -0.2) is 0 Å². The van der Waals surface area contributed by atoms with Crippen molar-refractivity contribution in [3.8, 4) is 0 Å². The molecule has 1 aromatic carbocycles. The van der Waals surface area contributed by atoms with Crippen LogP contribution in [0.15, 0.2) is 45.3 Å². The number of hydrogen-bond acceptors (Lipinski definition) is 3. The number of nitrogens with one attached hydrogen (secondary N) is 1. The van der Waals surface area contributed by atoms with E-state index in [1.165, 1.54) is 0 Å². The van der Waals surface area contributed by atoms with E-state index in [0.717, 1.165) is 30.4 Å². The van der Waals surface area contributed by atoms with Crippen molar-refractivity contribution in [1.29, 1.82) is 0 Å². The first kappa shape index (κ1) is 13.2. The standard InChI is InChI=1S/C14H11BrClNOS/c1-17-13(11-5-6-12(16)19-11)10-7-8-3-2-4-9(15)14(8)18-10/h2-7,13,17H,1H3. The van der Waals surface area contributed by atoms with Crippen molar-refractivity contribution in [1.82, 2.24) is 5.32 Å². The minimum absolute atomic E-state index is 0.0248. The van der Waals surface area contributed by atoms with Crippen LogP contribution >= 0.6 is 38.9 Å². The number of hydrogen-bond donors (Lipinski definition) is 1. The Morgan fingerprint density at radius 2 is 2.16 bits per heavy atom. The largest absolute Gasteiger partial charge is 0.458 e. The molecule has 2 aromatic heterocycles. The van der Waals surface area contributed by atoms with Crippen LogP contribution in [0, 0.1) is 0 Å². The lowest BCUT2D eigenvalue weighted by Crippen LogP contribution is -2.15. The summed E-state index contributed by atoms with van der Waals surface area (Å²) in [5, 5.41) is 4.36. The van der Waals surface area contributed by atoms with Gasteiger partial charge in [-0.3, -0.25) is 0 Å². The van der Waals surface area contributed by atoms with Gasteiger partial charge in [-0.15, -0.1) is 11.3 Å². The lowest BCUT2D eigenvalue weighted by molar-refractivity contribution is 0.494. The van der Waals surface area contributed by atoms with E-state index in [-0.39, 0.29) is 6.04 Å². The third kappa shape index (κ3) is 2.46. The maximum Gasteiger partial charge on any atom is 0.148 e. The van der Waals surface area contributed by atoms with E-state index in [1.54, 1.807) is 11.3 Å². The first-order chi connectivity index (χ1) is 9.19. The van der Waals surface area contributed by atoms with Crippen LogP contribution in [0.5, 0.6) is 0 Å². The number of fused-ring (bicyclic) bond motifs is 1. The quantitative estimate of drug-likeness (QED) is 0.696. The average Bonchev–Trinajstić information content (AvgIpc) is 2.98. The summed E-state index contributed by atoms with van der Waals surface area (Å²) in [5.41, 5.74) is 0.875. The molecule has 1 N–H and O–H groups in total. The van der Waals surface area contributed by atoms with Gasteiger partial charge in [0, 0.05) is 10.3 Å². The number of benzene rings is 1. The highest BCUT2D eigenvalue weighted by molar-refractivity contribution is 9.10. The summed E-state index contributed by atoms with van der Waals surface area (Å²) in [6, 6.07) is 12.0. The van der Waals surface area contributed by atoms with E-state index >= 15 is 0 Å². The Morgan fingerprint density at radius 1 is 1.32 bits per heavy atom. The summed E-state index contributed by atoms with van der Waals surface area (Å²) in [7, 11) is 1.92. The number of rotatable bonds is 3. The Morgan fingerprint density at radius 3 is 2.79 bits per heavy atom. The molecule has 3 rings (SSSR count). The van der Waals surface area contributed by atoms with Crippen LogP contribution in [0.2, 0.25) is 4.34 Å². The van der Waals surface area contributed by atoms with Crippen LogP contribution in [0.1, 0.15) is 16.7 Å². The van der Waals surface area contributed by atoms with E-state index in [4.69, 9.17) is 16.0 Å². The third-order valence-electron chi connectivity index (χ3n) is 2.97. The molecular formula is C14H11BrClNOS. The second kappa shape index (κ2) is 5.29. The van der Waals surface area contributed by atoms with Crippen LogP contribution in [0.4, 0.5) is 0 Å². The Labute approximate surface area is 128 Å². The van der Waals surface area contributed by atoms with Crippen LogP contribution < -0.4 is 5.32 Å². The smallest absolute Gasteiger partial charge is 0.148 e. The molecule has 1 atom stereocenters. The second-order valence-electron chi connectivity index (χ2n) is 4.17. The van der Waals surface area contributed by atoms with Gasteiger partial charge >= 0.3 is 0 Å². The number of para-hydroxylation sites is 1. The molecule has 2 heterocycles. The molecule has 1 unspecified atom stereocenters. The highest BCUT2D eigenvalue weighted by Crippen LogP contribution is 2.35. The molecule has 0 saturated heterocycles. The normalized spacial score (nSPS) is 13.0. The highest BCUT2D eigenvalue weighted by Gasteiger charge is 2.19. The summed E-state index contributed by atoms with van der Waals surface area (Å²) in [4.78, 5) is 1.14. The second-order valence-corrected chi connectivity index (χ2v) is 6.77. The van der Waals surface area contributed by atoms with Gasteiger partial charge in [-0.2, -0.15) is 0 Å². The average molecular weight is 357 g/mol. The zero-order valence-electron chi connectivity index (χ0n) is 10.1. The monoisotopic (exact) mass is 355 g/mol. The molecule has 19 heavy (non-hydrogen) atoms. The van der Waals surface area contributed by atoms with Crippen LogP contribution in [-0.2, 0) is 0 Å². The molecule has 98 valence electrons. The number of thiophene rings is 1. The molecule has 0 aliphatic rings. The summed E-state index contributed by atoms with van der Waals surface area (Å²) >= 11 is 11.1. The zero-order valence-corrected chi connectivity index (χ0v) is 13.3. The minimum atomic E-state index is 0.0248. The maximum atomic E-state index is 6.01. The van der Waals surface area contributed by atoms with Crippen molar-refractivity contribution in [3.05, 3.63) is 55.8 Å². The van der Waals surface area contributed by atoms with Crippen molar-refractivity contribution in [2.75, 3.05) is 7.05 Å². The van der Waals surface area contributed by atoms with Crippen molar-refractivity contribution in [2.24, 2.45) is 0 Å². The Balaban J connectivity index is 2.09. The third-order valence-corrected chi connectivity index (χ3v) is 4.89. The molecule has 0 spiro atoms. The van der Waals surface area contributed by atoms with Gasteiger partial charge in [0.2, 0.25) is 0 Å². The Hall–Kier alpha value is -0.810. The summed E-state index contributed by atoms with van der Waals surface area (Å²) in [5.74, 6) is 0.892. The van der Waals surface area contributed by atoms with E-state index < -0.39 is 0 Å². The van der Waals surface area contributed by atoms with Gasteiger partial charge in [-0.05, 0) is 47.2 Å². The van der Waals surface area contributed by atoms with E-state index in [2.05, 4.69) is 27.3 Å². The van der Waals surface area contributed by atoms with Crippen molar-refractivity contribution in [2.45, 2.75) is 6.04 Å². The maximum absolute atomic E-state index is 6.01. The fraction of sp³-hybridized carbons (Fsp3) is 0.143. The molecule has 0 bridgehead atoms. The fourth-order valence-corrected chi connectivity index (χ4v) is 3.74. The minimum Gasteiger partial charge on any atom is -0.458 e. The number of furan rings is 1. The van der Waals surface area contributed by atoms with Gasteiger partial charge in [0.1, 0.15) is 17.4 Å². The predicted octanol–water partition coefficient (Wildman–Crippen LogP) is 5.22. The number of halogens is 2. The summed E-state index contributed by atoms with van der Waals surface area (Å²) < 4.78 is 7.72. The lowest BCUT2D eigenvalue weighted by atomic mass is 10.1. The Kier molecular flexibility index (Phi) is 3.67. The van der Waals surface area contributed by atoms with Gasteiger partial charge in [0.15, 0.2) is 0 Å². The zero-order chi connectivity index (χ0) is 13.4. The van der Waals surface area contributed by atoms with Gasteiger partial charge in [0.25, 0.3) is 0 Å². The van der Waals surface area contributed by atoms with E-state index in [1.807, 2.05) is 37.4 Å². The SMILES string of the molecule is CNC(c1cc2cccc(Br)c2o1)c1ccc(Cl)s1. The highest BCUT2D eigenvalue weighted by atomic mass is 79.9. The topological polar surface area (TPSA) is 25.2 Å². The molecule has 0 aliphatic carbocycles. The molecule has 2 nitrogen and oxygen atoms in total. The van der Waals surface area contributed by atoms with Crippen LogP contribution in [-0.4, -0.2) is 7.05 Å². The molecule has 0 saturated carbocycles. The van der Waals surface area contributed by atoms with Gasteiger partial charge in [0.05, 0.1) is 8.81 Å². The lowest BCUT2D eigenvalue weighted by Gasteiger charge is -2.10. The van der Waals surface area contributed by atoms with Crippen molar-refractivity contribution >= 4 is 49.8 Å². The summed E-state index contributed by atoms with van der Waals surface area (Å²) in [6.07, 6.45) is 0. The molecule has 0 amide bonds. The molecule has 5 heteroatoms. The van der Waals surface area contributed by atoms with Crippen molar-refractivity contribution < 1.29 is 4.42 Å². The molecule has 3 aromatic rings. The molecule has 0 radical (unpaired) electrons. The first-order valence-corrected chi connectivity index (χ1v) is 7.78. The molecule has 0 fully saturated rings. The fourth-order valence-electron chi connectivity index (χ4n) is 2.10. The predicted molar refractivity (Wildman–Crippen MR) is 84.1 cm³/mol. The first-order valence-electron chi connectivity index (χ1n) is 5.79. The van der Waals surface area contributed by atoms with Crippen molar-refractivity contribution in [3.63, 3.8) is 0 Å². The van der Waals surface area contributed by atoms with Gasteiger partial charge < -0.3 is 9.73 Å².